The number of anilines is 1. The molecule has 3 N–H and O–H groups in total. The standard InChI is InChI=1S/C15H22F3N5O2S.HI/c1-19-14(23-12-5-8-26(24,25)10-12)21-7-2-6-20-13-4-3-11(9-22-13)15(16,17)18;/h3-4,9,12H,2,5-8,10H2,1H3,(H,20,22)(H2,19,21,23);1H. The van der Waals surface area contributed by atoms with Crippen molar-refractivity contribution in [2.75, 3.05) is 37.0 Å². The maximum atomic E-state index is 12.5. The molecule has 1 unspecified atom stereocenters. The first kappa shape index (κ1) is 23.7. The van der Waals surface area contributed by atoms with E-state index in [0.29, 0.717) is 37.7 Å². The Morgan fingerprint density at radius 1 is 1.33 bits per heavy atom. The number of sulfone groups is 1. The molecule has 0 bridgehead atoms. The summed E-state index contributed by atoms with van der Waals surface area (Å²) in [6, 6.07) is 2.13. The first-order chi connectivity index (χ1) is 12.2. The summed E-state index contributed by atoms with van der Waals surface area (Å²) in [5, 5.41) is 9.09. The zero-order valence-electron chi connectivity index (χ0n) is 14.7. The van der Waals surface area contributed by atoms with Crippen LogP contribution in [-0.2, 0) is 16.0 Å². The number of aromatic nitrogens is 1. The number of hydrogen-bond donors (Lipinski definition) is 3. The van der Waals surface area contributed by atoms with E-state index in [4.69, 9.17) is 0 Å². The second kappa shape index (κ2) is 10.3. The van der Waals surface area contributed by atoms with E-state index in [-0.39, 0.29) is 41.5 Å². The second-order valence-electron chi connectivity index (χ2n) is 5.95. The van der Waals surface area contributed by atoms with E-state index in [0.717, 1.165) is 12.3 Å². The fraction of sp³-hybridized carbons (Fsp3) is 0.600. The summed E-state index contributed by atoms with van der Waals surface area (Å²) < 4.78 is 60.2. The maximum Gasteiger partial charge on any atom is 0.417 e. The van der Waals surface area contributed by atoms with Crippen molar-refractivity contribution >= 4 is 45.6 Å². The highest BCUT2D eigenvalue weighted by Gasteiger charge is 2.30. The first-order valence-electron chi connectivity index (χ1n) is 8.14. The van der Waals surface area contributed by atoms with E-state index >= 15 is 0 Å². The van der Waals surface area contributed by atoms with Crippen molar-refractivity contribution in [2.45, 2.75) is 25.1 Å². The Morgan fingerprint density at radius 3 is 2.59 bits per heavy atom. The molecule has 1 aliphatic heterocycles. The zero-order chi connectivity index (χ0) is 19.2. The molecule has 0 aromatic carbocycles. The molecular formula is C15H23F3IN5O2S. The van der Waals surface area contributed by atoms with Gasteiger partial charge in [-0.15, -0.1) is 24.0 Å². The summed E-state index contributed by atoms with van der Waals surface area (Å²) in [5.41, 5.74) is -0.784. The largest absolute Gasteiger partial charge is 0.417 e. The molecule has 1 aliphatic rings. The topological polar surface area (TPSA) is 95.5 Å². The molecule has 27 heavy (non-hydrogen) atoms. The summed E-state index contributed by atoms with van der Waals surface area (Å²) in [5.74, 6) is 1.19. The lowest BCUT2D eigenvalue weighted by atomic mass is 10.3. The van der Waals surface area contributed by atoms with Crippen molar-refractivity contribution in [3.05, 3.63) is 23.9 Å². The van der Waals surface area contributed by atoms with Gasteiger partial charge in [0.15, 0.2) is 15.8 Å². The van der Waals surface area contributed by atoms with E-state index in [9.17, 15) is 21.6 Å². The number of halogens is 4. The summed E-state index contributed by atoms with van der Waals surface area (Å²) in [6.45, 7) is 1.08. The number of pyridine rings is 1. The van der Waals surface area contributed by atoms with Crippen molar-refractivity contribution in [2.24, 2.45) is 4.99 Å². The van der Waals surface area contributed by atoms with Gasteiger partial charge in [-0.2, -0.15) is 13.2 Å². The van der Waals surface area contributed by atoms with Gasteiger partial charge in [0, 0.05) is 32.4 Å². The Labute approximate surface area is 173 Å². The highest BCUT2D eigenvalue weighted by atomic mass is 127. The fourth-order valence-corrected chi connectivity index (χ4v) is 4.15. The number of alkyl halides is 3. The van der Waals surface area contributed by atoms with Crippen LogP contribution >= 0.6 is 24.0 Å². The predicted molar refractivity (Wildman–Crippen MR) is 109 cm³/mol. The molecule has 0 aliphatic carbocycles. The third-order valence-corrected chi connectivity index (χ3v) is 5.61. The highest BCUT2D eigenvalue weighted by molar-refractivity contribution is 14.0. The minimum atomic E-state index is -4.39. The molecule has 1 atom stereocenters. The molecule has 0 spiro atoms. The van der Waals surface area contributed by atoms with E-state index < -0.39 is 21.6 Å². The van der Waals surface area contributed by atoms with E-state index in [1.54, 1.807) is 7.05 Å². The van der Waals surface area contributed by atoms with Gasteiger partial charge >= 0.3 is 6.18 Å². The van der Waals surface area contributed by atoms with Crippen molar-refractivity contribution < 1.29 is 21.6 Å². The molecule has 1 aromatic heterocycles. The number of nitrogens with one attached hydrogen (secondary N) is 3. The quantitative estimate of drug-likeness (QED) is 0.229. The van der Waals surface area contributed by atoms with Crippen LogP contribution in [0.4, 0.5) is 19.0 Å². The maximum absolute atomic E-state index is 12.5. The molecule has 1 aromatic rings. The summed E-state index contributed by atoms with van der Waals surface area (Å²) in [6.07, 6.45) is -2.37. The second-order valence-corrected chi connectivity index (χ2v) is 8.18. The van der Waals surface area contributed by atoms with Gasteiger partial charge in [0.1, 0.15) is 5.82 Å². The third kappa shape index (κ3) is 8.07. The van der Waals surface area contributed by atoms with Gasteiger partial charge in [0.25, 0.3) is 0 Å². The average Bonchev–Trinajstić information content (AvgIpc) is 2.91. The van der Waals surface area contributed by atoms with Crippen LogP contribution in [0, 0.1) is 0 Å². The van der Waals surface area contributed by atoms with Crippen LogP contribution in [0.3, 0.4) is 0 Å². The summed E-state index contributed by atoms with van der Waals surface area (Å²) >= 11 is 0. The van der Waals surface area contributed by atoms with Crippen molar-refractivity contribution in [3.63, 3.8) is 0 Å². The van der Waals surface area contributed by atoms with Crippen LogP contribution in [0.15, 0.2) is 23.3 Å². The molecule has 0 radical (unpaired) electrons. The molecule has 154 valence electrons. The lowest BCUT2D eigenvalue weighted by molar-refractivity contribution is -0.137. The van der Waals surface area contributed by atoms with Crippen LogP contribution in [0.2, 0.25) is 0 Å². The minimum absolute atomic E-state index is 0. The predicted octanol–water partition coefficient (Wildman–Crippen LogP) is 1.87. The molecule has 2 rings (SSSR count). The van der Waals surface area contributed by atoms with E-state index in [1.165, 1.54) is 6.07 Å². The van der Waals surface area contributed by atoms with Gasteiger partial charge in [0.2, 0.25) is 0 Å². The monoisotopic (exact) mass is 521 g/mol. The number of nitrogens with zero attached hydrogens (tertiary/aromatic N) is 2. The molecule has 1 saturated heterocycles. The number of hydrogen-bond acceptors (Lipinski definition) is 5. The molecule has 1 fully saturated rings. The summed E-state index contributed by atoms with van der Waals surface area (Å²) in [7, 11) is -1.35. The van der Waals surface area contributed by atoms with Crippen molar-refractivity contribution in [1.82, 2.24) is 15.6 Å². The normalized spacial score (nSPS) is 19.3. The van der Waals surface area contributed by atoms with Crippen molar-refractivity contribution in [3.8, 4) is 0 Å². The molecule has 0 amide bonds. The third-order valence-electron chi connectivity index (χ3n) is 3.84. The minimum Gasteiger partial charge on any atom is -0.370 e. The van der Waals surface area contributed by atoms with Gasteiger partial charge in [0.05, 0.1) is 17.1 Å². The lowest BCUT2D eigenvalue weighted by Crippen LogP contribution is -2.44. The van der Waals surface area contributed by atoms with E-state index in [2.05, 4.69) is 25.9 Å². The Morgan fingerprint density at radius 2 is 2.07 bits per heavy atom. The van der Waals surface area contributed by atoms with Crippen LogP contribution in [0.1, 0.15) is 18.4 Å². The molecule has 0 saturated carbocycles. The van der Waals surface area contributed by atoms with E-state index in [1.807, 2.05) is 0 Å². The number of rotatable bonds is 6. The molecule has 2 heterocycles. The SMILES string of the molecule is CN=C(NCCCNc1ccc(C(F)(F)F)cn1)NC1CCS(=O)(=O)C1.I. The Bertz CT molecular complexity index is 726. The van der Waals surface area contributed by atoms with Gasteiger partial charge in [-0.3, -0.25) is 4.99 Å². The van der Waals surface area contributed by atoms with Crippen molar-refractivity contribution in [1.29, 1.82) is 0 Å². The first-order valence-corrected chi connectivity index (χ1v) is 9.96. The number of aliphatic imine (C=N–C) groups is 1. The van der Waals surface area contributed by atoms with Crippen LogP contribution in [0.25, 0.3) is 0 Å². The average molecular weight is 521 g/mol. The van der Waals surface area contributed by atoms with Gasteiger partial charge in [-0.25, -0.2) is 13.4 Å². The smallest absolute Gasteiger partial charge is 0.370 e. The Balaban J connectivity index is 0.00000364. The van der Waals surface area contributed by atoms with Gasteiger partial charge < -0.3 is 16.0 Å². The van der Waals surface area contributed by atoms with Crippen LogP contribution in [-0.4, -0.2) is 57.0 Å². The Kier molecular flexibility index (Phi) is 9.05. The fourth-order valence-electron chi connectivity index (χ4n) is 2.47. The molecular weight excluding hydrogens is 498 g/mol. The highest BCUT2D eigenvalue weighted by Crippen LogP contribution is 2.28. The van der Waals surface area contributed by atoms with Gasteiger partial charge in [-0.05, 0) is 25.0 Å². The van der Waals surface area contributed by atoms with Crippen LogP contribution in [0.5, 0.6) is 0 Å². The molecule has 7 nitrogen and oxygen atoms in total. The Hall–Kier alpha value is -1.31. The summed E-state index contributed by atoms with van der Waals surface area (Å²) in [4.78, 5) is 7.78. The number of guanidine groups is 1. The zero-order valence-corrected chi connectivity index (χ0v) is 17.9. The molecule has 12 heteroatoms. The van der Waals surface area contributed by atoms with Crippen LogP contribution < -0.4 is 16.0 Å². The lowest BCUT2D eigenvalue weighted by Gasteiger charge is -2.16. The van der Waals surface area contributed by atoms with Gasteiger partial charge in [-0.1, -0.05) is 0 Å².